The van der Waals surface area contributed by atoms with Crippen molar-refractivity contribution in [3.05, 3.63) is 0 Å². The molecule has 0 aromatic rings. The highest BCUT2D eigenvalue weighted by atomic mass is 16.4. The maximum absolute atomic E-state index is 12.9. The summed E-state index contributed by atoms with van der Waals surface area (Å²) in [5, 5.41) is 29.6. The number of carboxylic acids is 2. The van der Waals surface area contributed by atoms with Crippen LogP contribution in [0.25, 0.3) is 0 Å². The summed E-state index contributed by atoms with van der Waals surface area (Å²) in [6, 6.07) is -2.30. The van der Waals surface area contributed by atoms with Gasteiger partial charge < -0.3 is 42.9 Å². The minimum atomic E-state index is -1.18. The van der Waals surface area contributed by atoms with Crippen LogP contribution in [0.4, 0.5) is 0 Å². The lowest BCUT2D eigenvalue weighted by Crippen LogP contribution is -2.45. The van der Waals surface area contributed by atoms with Gasteiger partial charge in [0.25, 0.3) is 0 Å². The van der Waals surface area contributed by atoms with Crippen molar-refractivity contribution >= 4 is 41.4 Å². The third-order valence-corrected chi connectivity index (χ3v) is 11.5. The van der Waals surface area contributed by atoms with Crippen LogP contribution in [0.1, 0.15) is 187 Å². The third kappa shape index (κ3) is 29.3. The van der Waals surface area contributed by atoms with Crippen LogP contribution in [-0.4, -0.2) is 89.3 Å². The van der Waals surface area contributed by atoms with E-state index < -0.39 is 30.1 Å². The second-order valence-electron chi connectivity index (χ2n) is 16.8. The van der Waals surface area contributed by atoms with E-state index in [-0.39, 0.29) is 54.6 Å². The van der Waals surface area contributed by atoms with Gasteiger partial charge in [0.1, 0.15) is 11.8 Å². The highest BCUT2D eigenvalue weighted by Gasteiger charge is 2.30. The van der Waals surface area contributed by atoms with Gasteiger partial charge in [-0.05, 0) is 96.3 Å². The lowest BCUT2D eigenvalue weighted by atomic mass is 9.81. The molecule has 3 atom stereocenters. The molecule has 59 heavy (non-hydrogen) atoms. The normalized spacial score (nSPS) is 16.7. The maximum atomic E-state index is 12.9. The van der Waals surface area contributed by atoms with Crippen molar-refractivity contribution in [2.45, 2.75) is 205 Å². The number of nitrogens with two attached hydrogens (primary N) is 2. The summed E-state index contributed by atoms with van der Waals surface area (Å²) in [4.78, 5) is 83.5. The standard InChI is InChI=1S/C44H80N6O9/c1-33(51)36(45)20-16-19-31-48-43(57)37(46)21-17-18-30-47-40(53)29-28-38(44(58)59)50-42(56)35-26-24-34(25-27-35)32-49-39(52)22-14-12-10-8-6-4-2-3-5-7-9-11-13-15-23-41(54)55/h34-38H,2-32,45-46H2,1H3,(H,47,53)(H,48,57)(H,49,52)(H,50,56)(H,54,55)(H,58,59)/t34-,35-,36-,37-,38-/m0/s1. The van der Waals surface area contributed by atoms with Crippen molar-refractivity contribution in [2.75, 3.05) is 19.6 Å². The third-order valence-electron chi connectivity index (χ3n) is 11.5. The van der Waals surface area contributed by atoms with Gasteiger partial charge in [0.15, 0.2) is 0 Å². The molecule has 1 rings (SSSR count). The Morgan fingerprint density at radius 1 is 0.542 bits per heavy atom. The van der Waals surface area contributed by atoms with Crippen LogP contribution < -0.4 is 32.7 Å². The fourth-order valence-electron chi connectivity index (χ4n) is 7.45. The number of hydrogen-bond donors (Lipinski definition) is 8. The van der Waals surface area contributed by atoms with Gasteiger partial charge in [-0.25, -0.2) is 4.79 Å². The first kappa shape index (κ1) is 53.4. The molecule has 10 N–H and O–H groups in total. The summed E-state index contributed by atoms with van der Waals surface area (Å²) in [5.41, 5.74) is 11.7. The molecule has 340 valence electrons. The Bertz CT molecular complexity index is 1230. The maximum Gasteiger partial charge on any atom is 0.326 e. The van der Waals surface area contributed by atoms with Crippen molar-refractivity contribution in [1.29, 1.82) is 0 Å². The van der Waals surface area contributed by atoms with Crippen molar-refractivity contribution in [3.63, 3.8) is 0 Å². The number of ketones is 1. The van der Waals surface area contributed by atoms with Crippen molar-refractivity contribution in [1.82, 2.24) is 21.3 Å². The summed E-state index contributed by atoms with van der Waals surface area (Å²) < 4.78 is 0. The second-order valence-corrected chi connectivity index (χ2v) is 16.8. The number of amides is 4. The van der Waals surface area contributed by atoms with Crippen molar-refractivity contribution in [3.8, 4) is 0 Å². The van der Waals surface area contributed by atoms with Gasteiger partial charge in [-0.3, -0.25) is 28.8 Å². The number of carboxylic acid groups (broad SMARTS) is 2. The van der Waals surface area contributed by atoms with E-state index in [9.17, 15) is 38.7 Å². The first-order valence-corrected chi connectivity index (χ1v) is 22.9. The number of hydrogen-bond acceptors (Lipinski definition) is 9. The van der Waals surface area contributed by atoms with Crippen LogP contribution in [0.15, 0.2) is 0 Å². The lowest BCUT2D eigenvalue weighted by Gasteiger charge is -2.28. The average Bonchev–Trinajstić information content (AvgIpc) is 3.20. The van der Waals surface area contributed by atoms with Crippen molar-refractivity contribution in [2.24, 2.45) is 23.3 Å². The molecule has 0 radical (unpaired) electrons. The van der Waals surface area contributed by atoms with Crippen LogP contribution in [0.5, 0.6) is 0 Å². The predicted octanol–water partition coefficient (Wildman–Crippen LogP) is 5.40. The lowest BCUT2D eigenvalue weighted by molar-refractivity contribution is -0.143. The van der Waals surface area contributed by atoms with Crippen LogP contribution in [0.3, 0.4) is 0 Å². The Morgan fingerprint density at radius 2 is 1.02 bits per heavy atom. The van der Waals surface area contributed by atoms with Gasteiger partial charge in [0.2, 0.25) is 23.6 Å². The SMILES string of the molecule is CC(=O)[C@@H](N)CCCCNC(=O)[C@@H](N)CCCCNC(=O)CC[C@H](NC(=O)[C@H]1CC[C@H](CNC(=O)CCCCCCCCCCCCCCCCC(=O)O)CC1)C(=O)O. The highest BCUT2D eigenvalue weighted by Crippen LogP contribution is 2.29. The second kappa shape index (κ2) is 34.2. The molecule has 0 bridgehead atoms. The number of unbranched alkanes of at least 4 members (excludes halogenated alkanes) is 15. The zero-order valence-electron chi connectivity index (χ0n) is 36.2. The van der Waals surface area contributed by atoms with Crippen LogP contribution in [-0.2, 0) is 33.6 Å². The number of carbonyl (C=O) groups is 7. The molecule has 0 aliphatic heterocycles. The molecular weight excluding hydrogens is 757 g/mol. The average molecular weight is 837 g/mol. The van der Waals surface area contributed by atoms with Gasteiger partial charge in [-0.15, -0.1) is 0 Å². The molecule has 1 aliphatic rings. The number of carbonyl (C=O) groups excluding carboxylic acids is 5. The molecule has 15 heteroatoms. The summed E-state index contributed by atoms with van der Waals surface area (Å²) >= 11 is 0. The molecule has 0 saturated heterocycles. The monoisotopic (exact) mass is 837 g/mol. The Kier molecular flexibility index (Phi) is 30.9. The number of aliphatic carboxylic acids is 2. The van der Waals surface area contributed by atoms with Gasteiger partial charge in [0, 0.05) is 44.8 Å². The van der Waals surface area contributed by atoms with E-state index in [0.29, 0.717) is 76.9 Å². The summed E-state index contributed by atoms with van der Waals surface area (Å²) in [6.07, 6.45) is 23.2. The quantitative estimate of drug-likeness (QED) is 0.0368. The Labute approximate surface area is 353 Å². The zero-order valence-corrected chi connectivity index (χ0v) is 36.2. The topological polar surface area (TPSA) is 260 Å². The van der Waals surface area contributed by atoms with E-state index in [1.165, 1.54) is 58.3 Å². The number of rotatable bonds is 37. The molecule has 15 nitrogen and oxygen atoms in total. The molecule has 1 fully saturated rings. The number of Topliss-reactive ketones (excluding diaryl/α,β-unsaturated/α-hetero) is 1. The van der Waals surface area contributed by atoms with Gasteiger partial charge in [0.05, 0.1) is 12.1 Å². The highest BCUT2D eigenvalue weighted by molar-refractivity contribution is 5.86. The minimum Gasteiger partial charge on any atom is -0.481 e. The molecule has 0 spiro atoms. The summed E-state index contributed by atoms with van der Waals surface area (Å²) in [5.74, 6) is -2.74. The molecule has 0 unspecified atom stereocenters. The van der Waals surface area contributed by atoms with E-state index in [0.717, 1.165) is 57.8 Å². The Balaban J connectivity index is 2.08. The van der Waals surface area contributed by atoms with E-state index in [1.54, 1.807) is 0 Å². The van der Waals surface area contributed by atoms with Gasteiger partial charge in [-0.2, -0.15) is 0 Å². The van der Waals surface area contributed by atoms with E-state index in [2.05, 4.69) is 21.3 Å². The van der Waals surface area contributed by atoms with E-state index in [4.69, 9.17) is 16.6 Å². The van der Waals surface area contributed by atoms with Crippen LogP contribution in [0, 0.1) is 11.8 Å². The first-order chi connectivity index (χ1) is 28.3. The first-order valence-electron chi connectivity index (χ1n) is 22.9. The van der Waals surface area contributed by atoms with Gasteiger partial charge in [-0.1, -0.05) is 77.0 Å². The Morgan fingerprint density at radius 3 is 1.53 bits per heavy atom. The molecule has 0 heterocycles. The van der Waals surface area contributed by atoms with Gasteiger partial charge >= 0.3 is 11.9 Å². The fourth-order valence-corrected chi connectivity index (χ4v) is 7.45. The Hall–Kier alpha value is -3.59. The number of nitrogens with one attached hydrogen (secondary N) is 4. The van der Waals surface area contributed by atoms with Crippen molar-refractivity contribution < 1.29 is 43.8 Å². The largest absolute Gasteiger partial charge is 0.481 e. The van der Waals surface area contributed by atoms with E-state index >= 15 is 0 Å². The minimum absolute atomic E-state index is 0.0260. The smallest absolute Gasteiger partial charge is 0.326 e. The molecule has 0 aromatic heterocycles. The van der Waals surface area contributed by atoms with Crippen LogP contribution >= 0.6 is 0 Å². The molecule has 1 aliphatic carbocycles. The molecule has 0 aromatic carbocycles. The fraction of sp³-hybridized carbons (Fsp3) is 0.841. The molecular formula is C44H80N6O9. The summed E-state index contributed by atoms with van der Waals surface area (Å²) in [7, 11) is 0. The van der Waals surface area contributed by atoms with Crippen LogP contribution in [0.2, 0.25) is 0 Å². The predicted molar refractivity (Wildman–Crippen MR) is 229 cm³/mol. The summed E-state index contributed by atoms with van der Waals surface area (Å²) in [6.45, 7) is 2.87. The molecule has 4 amide bonds. The van der Waals surface area contributed by atoms with E-state index in [1.807, 2.05) is 0 Å². The zero-order chi connectivity index (χ0) is 43.7. The molecule has 1 saturated carbocycles.